The predicted octanol–water partition coefficient (Wildman–Crippen LogP) is 2.74. The van der Waals surface area contributed by atoms with Crippen LogP contribution in [0.25, 0.3) is 0 Å². The Hall–Kier alpha value is -3.69. The number of carbonyl (C=O) groups is 2. The lowest BCUT2D eigenvalue weighted by Gasteiger charge is -2.22. The average molecular weight is 483 g/mol. The maximum Gasteiger partial charge on any atom is 0.413 e. The highest BCUT2D eigenvalue weighted by molar-refractivity contribution is 6.04. The molecule has 2 amide bonds. The first-order chi connectivity index (χ1) is 16.5. The Kier molecular flexibility index (Phi) is 7.93. The molecule has 3 rings (SSSR count). The maximum absolute atomic E-state index is 13.1. The summed E-state index contributed by atoms with van der Waals surface area (Å²) in [6, 6.07) is 6.34. The lowest BCUT2D eigenvalue weighted by Crippen LogP contribution is -2.38. The van der Waals surface area contributed by atoms with Gasteiger partial charge in [-0.1, -0.05) is 24.3 Å². The standard InChI is InChI=1S/C25H34N6O4/c1-6-30(7-2)19-15-27-20-13-12-18(31(20)23(19)33)22(32)28-14-16-8-10-17(11-9-16)21(26)29-24(34)35-25(3,4)5/h8-11,15,18H,6-7,12-14H2,1-5H3,(H,28,32)(H2,26,29,34). The van der Waals surface area contributed by atoms with Crippen molar-refractivity contribution < 1.29 is 14.3 Å². The first kappa shape index (κ1) is 25.9. The molecule has 188 valence electrons. The topological polar surface area (TPSA) is 129 Å². The third-order valence-corrected chi connectivity index (χ3v) is 5.75. The summed E-state index contributed by atoms with van der Waals surface area (Å²) in [6.07, 6.45) is 2.03. The van der Waals surface area contributed by atoms with Crippen LogP contribution >= 0.6 is 0 Å². The molecule has 2 aromatic rings. The maximum atomic E-state index is 13.1. The number of anilines is 1. The summed E-state index contributed by atoms with van der Waals surface area (Å²) >= 11 is 0. The summed E-state index contributed by atoms with van der Waals surface area (Å²) in [5, 5.41) is 13.4. The number of rotatable bonds is 7. The van der Waals surface area contributed by atoms with Crippen LogP contribution in [0.15, 0.2) is 35.3 Å². The fraction of sp³-hybridized carbons (Fsp3) is 0.480. The van der Waals surface area contributed by atoms with Crippen LogP contribution in [0.4, 0.5) is 10.5 Å². The van der Waals surface area contributed by atoms with Crippen LogP contribution in [0.3, 0.4) is 0 Å². The minimum Gasteiger partial charge on any atom is -0.444 e. The molecular formula is C25H34N6O4. The number of benzene rings is 1. The Morgan fingerprint density at radius 1 is 1.20 bits per heavy atom. The average Bonchev–Trinajstić information content (AvgIpc) is 3.24. The van der Waals surface area contributed by atoms with Gasteiger partial charge in [-0.05, 0) is 46.6 Å². The van der Waals surface area contributed by atoms with Crippen molar-refractivity contribution in [2.75, 3.05) is 18.0 Å². The lowest BCUT2D eigenvalue weighted by atomic mass is 10.1. The molecule has 1 aliphatic heterocycles. The van der Waals surface area contributed by atoms with Gasteiger partial charge in [-0.25, -0.2) is 9.78 Å². The number of aromatic nitrogens is 2. The molecule has 1 unspecified atom stereocenters. The smallest absolute Gasteiger partial charge is 0.413 e. The van der Waals surface area contributed by atoms with Crippen LogP contribution in [0.5, 0.6) is 0 Å². The molecule has 0 radical (unpaired) electrons. The molecule has 1 aromatic carbocycles. The van der Waals surface area contributed by atoms with Gasteiger partial charge in [0.1, 0.15) is 29.0 Å². The van der Waals surface area contributed by atoms with Gasteiger partial charge in [-0.3, -0.25) is 24.9 Å². The molecule has 2 heterocycles. The molecule has 1 atom stereocenters. The van der Waals surface area contributed by atoms with Gasteiger partial charge < -0.3 is 15.0 Å². The molecule has 0 aliphatic carbocycles. The van der Waals surface area contributed by atoms with E-state index in [0.717, 1.165) is 5.56 Å². The zero-order valence-corrected chi connectivity index (χ0v) is 21.0. The highest BCUT2D eigenvalue weighted by Gasteiger charge is 2.31. The highest BCUT2D eigenvalue weighted by atomic mass is 16.6. The number of nitrogens with one attached hydrogen (secondary N) is 3. The van der Waals surface area contributed by atoms with Crippen molar-refractivity contribution in [3.63, 3.8) is 0 Å². The van der Waals surface area contributed by atoms with E-state index in [9.17, 15) is 14.4 Å². The number of hydrogen-bond donors (Lipinski definition) is 3. The number of alkyl carbamates (subject to hydrolysis) is 1. The molecule has 0 saturated carbocycles. The number of carbonyl (C=O) groups excluding carboxylic acids is 2. The molecule has 0 saturated heterocycles. The molecule has 1 aromatic heterocycles. The lowest BCUT2D eigenvalue weighted by molar-refractivity contribution is -0.124. The van der Waals surface area contributed by atoms with Crippen molar-refractivity contribution in [3.05, 3.63) is 57.8 Å². The summed E-state index contributed by atoms with van der Waals surface area (Å²) in [5.41, 5.74) is 1.01. The van der Waals surface area contributed by atoms with E-state index in [0.29, 0.717) is 43.0 Å². The Balaban J connectivity index is 1.62. The molecule has 0 fully saturated rings. The van der Waals surface area contributed by atoms with Crippen molar-refractivity contribution in [2.24, 2.45) is 0 Å². The van der Waals surface area contributed by atoms with Gasteiger partial charge in [-0.2, -0.15) is 0 Å². The number of nitrogens with zero attached hydrogens (tertiary/aromatic N) is 3. The number of fused-ring (bicyclic) bond motifs is 1. The molecule has 0 bridgehead atoms. The van der Waals surface area contributed by atoms with E-state index < -0.39 is 17.7 Å². The zero-order chi connectivity index (χ0) is 25.8. The number of hydrogen-bond acceptors (Lipinski definition) is 7. The van der Waals surface area contributed by atoms with E-state index in [1.807, 2.05) is 18.7 Å². The molecule has 35 heavy (non-hydrogen) atoms. The SMILES string of the molecule is CCN(CC)c1cnc2n(c1=O)C(C(=O)NCc1ccc(C(=N)NC(=O)OC(C)(C)C)cc1)CC2. The minimum absolute atomic E-state index is 0.0757. The third kappa shape index (κ3) is 6.26. The van der Waals surface area contributed by atoms with Crippen molar-refractivity contribution in [2.45, 2.75) is 65.6 Å². The minimum atomic E-state index is -0.690. The second-order valence-electron chi connectivity index (χ2n) is 9.38. The van der Waals surface area contributed by atoms with Crippen LogP contribution in [0.2, 0.25) is 0 Å². The van der Waals surface area contributed by atoms with Gasteiger partial charge in [0.2, 0.25) is 5.91 Å². The largest absolute Gasteiger partial charge is 0.444 e. The van der Waals surface area contributed by atoms with Crippen molar-refractivity contribution in [1.29, 1.82) is 5.41 Å². The van der Waals surface area contributed by atoms with E-state index in [1.54, 1.807) is 51.2 Å². The van der Waals surface area contributed by atoms with Crippen LogP contribution < -0.4 is 21.1 Å². The van der Waals surface area contributed by atoms with Crippen LogP contribution in [-0.4, -0.2) is 46.1 Å². The van der Waals surface area contributed by atoms with Gasteiger partial charge in [0.25, 0.3) is 5.56 Å². The van der Waals surface area contributed by atoms with Gasteiger partial charge in [0.15, 0.2) is 0 Å². The van der Waals surface area contributed by atoms with Gasteiger partial charge in [-0.15, -0.1) is 0 Å². The van der Waals surface area contributed by atoms with E-state index in [-0.39, 0.29) is 23.8 Å². The summed E-state index contributed by atoms with van der Waals surface area (Å²) in [4.78, 5) is 44.3. The van der Waals surface area contributed by atoms with E-state index in [2.05, 4.69) is 15.6 Å². The summed E-state index contributed by atoms with van der Waals surface area (Å²) in [5.74, 6) is 0.326. The van der Waals surface area contributed by atoms with E-state index in [4.69, 9.17) is 10.1 Å². The molecule has 10 heteroatoms. The summed E-state index contributed by atoms with van der Waals surface area (Å²) in [7, 11) is 0. The van der Waals surface area contributed by atoms with Gasteiger partial charge in [0, 0.05) is 31.6 Å². The van der Waals surface area contributed by atoms with E-state index in [1.165, 1.54) is 4.57 Å². The monoisotopic (exact) mass is 482 g/mol. The molecule has 1 aliphatic rings. The Labute approximate surface area is 205 Å². The number of aryl methyl sites for hydroxylation is 1. The Bertz CT molecular complexity index is 1150. The van der Waals surface area contributed by atoms with Crippen LogP contribution in [-0.2, 0) is 22.5 Å². The fourth-order valence-corrected chi connectivity index (χ4v) is 4.00. The van der Waals surface area contributed by atoms with Crippen LogP contribution in [0, 0.1) is 5.41 Å². The normalized spacial score (nSPS) is 14.7. The summed E-state index contributed by atoms with van der Waals surface area (Å²) < 4.78 is 6.69. The Morgan fingerprint density at radius 2 is 1.86 bits per heavy atom. The zero-order valence-electron chi connectivity index (χ0n) is 21.0. The van der Waals surface area contributed by atoms with E-state index >= 15 is 0 Å². The quantitative estimate of drug-likeness (QED) is 0.411. The van der Waals surface area contributed by atoms with Crippen molar-refractivity contribution in [1.82, 2.24) is 20.2 Å². The number of amides is 2. The highest BCUT2D eigenvalue weighted by Crippen LogP contribution is 2.24. The van der Waals surface area contributed by atoms with Crippen molar-refractivity contribution in [3.8, 4) is 0 Å². The van der Waals surface area contributed by atoms with Crippen LogP contribution in [0.1, 0.15) is 64.0 Å². The second-order valence-corrected chi connectivity index (χ2v) is 9.38. The summed E-state index contributed by atoms with van der Waals surface area (Å²) in [6.45, 7) is 10.8. The molecule has 0 spiro atoms. The van der Waals surface area contributed by atoms with Crippen molar-refractivity contribution >= 4 is 23.5 Å². The first-order valence-electron chi connectivity index (χ1n) is 11.8. The number of amidine groups is 1. The second kappa shape index (κ2) is 10.7. The molecule has 3 N–H and O–H groups in total. The molecule has 10 nitrogen and oxygen atoms in total. The third-order valence-electron chi connectivity index (χ3n) is 5.75. The van der Waals surface area contributed by atoms with Gasteiger partial charge in [0.05, 0.1) is 6.20 Å². The number of ether oxygens (including phenoxy) is 1. The molecular weight excluding hydrogens is 448 g/mol. The first-order valence-corrected chi connectivity index (χ1v) is 11.8. The Morgan fingerprint density at radius 3 is 2.46 bits per heavy atom. The fourth-order valence-electron chi connectivity index (χ4n) is 4.00. The van der Waals surface area contributed by atoms with Gasteiger partial charge >= 0.3 is 6.09 Å². The predicted molar refractivity (Wildman–Crippen MR) is 134 cm³/mol.